The Morgan fingerprint density at radius 2 is 2.22 bits per heavy atom. The van der Waals surface area contributed by atoms with Gasteiger partial charge < -0.3 is 15.0 Å². The monoisotopic (exact) mass is 360 g/mol. The van der Waals surface area contributed by atoms with Crippen LogP contribution in [-0.4, -0.2) is 51.1 Å². The number of halogens is 2. The summed E-state index contributed by atoms with van der Waals surface area (Å²) in [6.45, 7) is 1.89. The van der Waals surface area contributed by atoms with Gasteiger partial charge in [-0.2, -0.15) is 0 Å². The Labute approximate surface area is 147 Å². The fourth-order valence-electron chi connectivity index (χ4n) is 3.24. The van der Waals surface area contributed by atoms with Gasteiger partial charge in [-0.25, -0.2) is 4.98 Å². The molecule has 23 heavy (non-hydrogen) atoms. The number of pyridine rings is 1. The molecule has 1 saturated heterocycles. The number of aromatic amines is 1. The third-order valence-corrected chi connectivity index (χ3v) is 4.32. The number of hydrogen-bond donors (Lipinski definition) is 2. The largest absolute Gasteiger partial charge is 0.481 e. The van der Waals surface area contributed by atoms with Gasteiger partial charge >= 0.3 is 5.97 Å². The number of fused-ring (bicyclic) bond motifs is 1. The summed E-state index contributed by atoms with van der Waals surface area (Å²) in [4.78, 5) is 25.3. The van der Waals surface area contributed by atoms with Crippen LogP contribution < -0.4 is 0 Å². The number of imidazole rings is 1. The van der Waals surface area contributed by atoms with Crippen LogP contribution in [0.5, 0.6) is 0 Å². The third kappa shape index (κ3) is 4.80. The number of carboxylic acid groups (broad SMARTS) is 1. The minimum atomic E-state index is -0.705. The molecular weight excluding hydrogens is 339 g/mol. The zero-order valence-electron chi connectivity index (χ0n) is 12.9. The van der Waals surface area contributed by atoms with Gasteiger partial charge in [-0.1, -0.05) is 0 Å². The maximum Gasteiger partial charge on any atom is 0.303 e. The van der Waals surface area contributed by atoms with E-state index in [0.717, 1.165) is 42.8 Å². The maximum absolute atomic E-state index is 11.0. The van der Waals surface area contributed by atoms with Crippen LogP contribution in [0.15, 0.2) is 18.5 Å². The summed E-state index contributed by atoms with van der Waals surface area (Å²) < 4.78 is 0. The Hall–Kier alpha value is -1.37. The number of piperidine rings is 1. The predicted molar refractivity (Wildman–Crippen MR) is 93.4 cm³/mol. The van der Waals surface area contributed by atoms with Crippen molar-refractivity contribution in [3.05, 3.63) is 24.3 Å². The number of carbonyl (C=O) groups is 1. The minimum Gasteiger partial charge on any atom is -0.481 e. The molecule has 0 aromatic carbocycles. The van der Waals surface area contributed by atoms with E-state index in [1.807, 2.05) is 6.07 Å². The summed E-state index contributed by atoms with van der Waals surface area (Å²) in [7, 11) is 2.09. The Balaban J connectivity index is 0.00000132. The first-order valence-electron chi connectivity index (χ1n) is 7.31. The molecule has 0 unspecified atom stereocenters. The Morgan fingerprint density at radius 3 is 2.91 bits per heavy atom. The summed E-state index contributed by atoms with van der Waals surface area (Å²) in [6, 6.07) is 1.89. The van der Waals surface area contributed by atoms with E-state index in [1.165, 1.54) is 0 Å². The standard InChI is InChI=1S/C15H20N4O2.2ClH/c1-19-5-3-10(7-15(20)21)11(9-19)6-14-17-12-2-4-16-8-13(12)18-14;;/h2,4,8,10-11H,3,5-7,9H2,1H3,(H,17,18)(H,20,21);2*1H/t10-,11-;;/m0../s1. The van der Waals surface area contributed by atoms with Crippen LogP contribution >= 0.6 is 24.8 Å². The zero-order chi connectivity index (χ0) is 14.8. The van der Waals surface area contributed by atoms with Crippen molar-refractivity contribution in [1.82, 2.24) is 19.9 Å². The number of hydrogen-bond acceptors (Lipinski definition) is 4. The van der Waals surface area contributed by atoms with Crippen LogP contribution in [0, 0.1) is 11.8 Å². The second kappa shape index (κ2) is 8.47. The highest BCUT2D eigenvalue weighted by molar-refractivity contribution is 5.85. The molecule has 0 aliphatic carbocycles. The van der Waals surface area contributed by atoms with E-state index in [1.54, 1.807) is 12.4 Å². The van der Waals surface area contributed by atoms with E-state index >= 15 is 0 Å². The van der Waals surface area contributed by atoms with Crippen molar-refractivity contribution < 1.29 is 9.90 Å². The van der Waals surface area contributed by atoms with Gasteiger partial charge in [0.2, 0.25) is 0 Å². The number of carboxylic acids is 1. The molecule has 0 bridgehead atoms. The highest BCUT2D eigenvalue weighted by Gasteiger charge is 2.30. The summed E-state index contributed by atoms with van der Waals surface area (Å²) in [5.74, 6) is 0.774. The first kappa shape index (κ1) is 19.7. The van der Waals surface area contributed by atoms with Gasteiger partial charge in [0.05, 0.1) is 17.2 Å². The lowest BCUT2D eigenvalue weighted by Crippen LogP contribution is -2.40. The molecule has 128 valence electrons. The fourth-order valence-corrected chi connectivity index (χ4v) is 3.24. The van der Waals surface area contributed by atoms with Crippen molar-refractivity contribution in [2.24, 2.45) is 11.8 Å². The van der Waals surface area contributed by atoms with Crippen LogP contribution in [0.3, 0.4) is 0 Å². The summed E-state index contributed by atoms with van der Waals surface area (Å²) in [5, 5.41) is 9.08. The van der Waals surface area contributed by atoms with E-state index in [9.17, 15) is 4.79 Å². The molecule has 1 aliphatic heterocycles. The van der Waals surface area contributed by atoms with Gasteiger partial charge in [0.25, 0.3) is 0 Å². The molecule has 8 heteroatoms. The van der Waals surface area contributed by atoms with Crippen LogP contribution in [0.1, 0.15) is 18.7 Å². The summed E-state index contributed by atoms with van der Waals surface area (Å²) in [6.07, 6.45) is 5.48. The number of aliphatic carboxylic acids is 1. The highest BCUT2D eigenvalue weighted by atomic mass is 35.5. The van der Waals surface area contributed by atoms with Crippen molar-refractivity contribution in [2.45, 2.75) is 19.3 Å². The normalized spacial score (nSPS) is 21.4. The fraction of sp³-hybridized carbons (Fsp3) is 0.533. The molecule has 0 spiro atoms. The van der Waals surface area contributed by atoms with Gasteiger partial charge in [0.1, 0.15) is 5.82 Å². The van der Waals surface area contributed by atoms with Crippen LogP contribution in [0.25, 0.3) is 11.0 Å². The number of likely N-dealkylation sites (tertiary alicyclic amines) is 1. The molecular formula is C15H22Cl2N4O2. The molecule has 2 N–H and O–H groups in total. The first-order chi connectivity index (χ1) is 10.1. The molecule has 1 fully saturated rings. The highest BCUT2D eigenvalue weighted by Crippen LogP contribution is 2.28. The van der Waals surface area contributed by atoms with Crippen molar-refractivity contribution in [3.8, 4) is 0 Å². The molecule has 3 rings (SSSR count). The second-order valence-corrected chi connectivity index (χ2v) is 5.95. The summed E-state index contributed by atoms with van der Waals surface area (Å²) >= 11 is 0. The predicted octanol–water partition coefficient (Wildman–Crippen LogP) is 2.39. The lowest BCUT2D eigenvalue weighted by molar-refractivity contribution is -0.139. The molecule has 1 aliphatic rings. The van der Waals surface area contributed by atoms with E-state index in [4.69, 9.17) is 5.11 Å². The topological polar surface area (TPSA) is 82.1 Å². The SMILES string of the molecule is CN1CC[C@@H](CC(=O)O)[C@@H](Cc2nc3ccncc3[nH]2)C1.Cl.Cl. The second-order valence-electron chi connectivity index (χ2n) is 5.95. The van der Waals surface area contributed by atoms with Gasteiger partial charge in [-0.05, 0) is 37.9 Å². The van der Waals surface area contributed by atoms with Gasteiger partial charge in [-0.3, -0.25) is 9.78 Å². The summed E-state index contributed by atoms with van der Waals surface area (Å²) in [5.41, 5.74) is 1.85. The van der Waals surface area contributed by atoms with Crippen molar-refractivity contribution in [1.29, 1.82) is 0 Å². The van der Waals surface area contributed by atoms with Gasteiger partial charge in [0.15, 0.2) is 0 Å². The number of aromatic nitrogens is 3. The van der Waals surface area contributed by atoms with E-state index < -0.39 is 5.97 Å². The number of nitrogens with zero attached hydrogens (tertiary/aromatic N) is 3. The number of rotatable bonds is 4. The smallest absolute Gasteiger partial charge is 0.303 e. The lowest BCUT2D eigenvalue weighted by atomic mass is 9.81. The molecule has 6 nitrogen and oxygen atoms in total. The maximum atomic E-state index is 11.0. The van der Waals surface area contributed by atoms with E-state index in [2.05, 4.69) is 26.9 Å². The Kier molecular flexibility index (Phi) is 7.25. The quantitative estimate of drug-likeness (QED) is 0.874. The lowest BCUT2D eigenvalue weighted by Gasteiger charge is -2.35. The average molecular weight is 361 g/mol. The minimum absolute atomic E-state index is 0. The van der Waals surface area contributed by atoms with Crippen LogP contribution in [0.2, 0.25) is 0 Å². The first-order valence-corrected chi connectivity index (χ1v) is 7.31. The zero-order valence-corrected chi connectivity index (χ0v) is 14.6. The molecule has 2 aromatic heterocycles. The molecule has 0 radical (unpaired) electrons. The molecule has 2 atom stereocenters. The number of nitrogens with one attached hydrogen (secondary N) is 1. The Morgan fingerprint density at radius 1 is 1.43 bits per heavy atom. The van der Waals surface area contributed by atoms with Gasteiger partial charge in [0, 0.05) is 25.6 Å². The van der Waals surface area contributed by atoms with Gasteiger partial charge in [-0.15, -0.1) is 24.8 Å². The molecule has 0 saturated carbocycles. The molecule has 2 aromatic rings. The van der Waals surface area contributed by atoms with Crippen LogP contribution in [-0.2, 0) is 11.2 Å². The van der Waals surface area contributed by atoms with Crippen molar-refractivity contribution in [3.63, 3.8) is 0 Å². The molecule has 3 heterocycles. The van der Waals surface area contributed by atoms with E-state index in [0.29, 0.717) is 5.92 Å². The Bertz CT molecular complexity index is 616. The average Bonchev–Trinajstić information content (AvgIpc) is 2.83. The third-order valence-electron chi connectivity index (χ3n) is 4.32. The van der Waals surface area contributed by atoms with E-state index in [-0.39, 0.29) is 37.2 Å². The molecule has 0 amide bonds. The van der Waals surface area contributed by atoms with Crippen molar-refractivity contribution in [2.75, 3.05) is 20.1 Å². The number of H-pyrrole nitrogens is 1. The van der Waals surface area contributed by atoms with Crippen LogP contribution in [0.4, 0.5) is 0 Å². The van der Waals surface area contributed by atoms with Crippen molar-refractivity contribution >= 4 is 41.8 Å².